The molecule has 0 bridgehead atoms. The molecule has 3 rings (SSSR count). The Bertz CT molecular complexity index is 1170. The second kappa shape index (κ2) is 9.50. The molecule has 0 atom stereocenters. The summed E-state index contributed by atoms with van der Waals surface area (Å²) in [5.41, 5.74) is 3.27. The minimum absolute atomic E-state index is 0.369. The van der Waals surface area contributed by atoms with Crippen LogP contribution in [0.2, 0.25) is 0 Å². The quantitative estimate of drug-likeness (QED) is 0.487. The first-order valence-corrected chi connectivity index (χ1v) is 11.6. The van der Waals surface area contributed by atoms with Crippen molar-refractivity contribution in [3.05, 3.63) is 82.9 Å². The van der Waals surface area contributed by atoms with Gasteiger partial charge in [-0.3, -0.25) is 9.59 Å². The van der Waals surface area contributed by atoms with Crippen molar-refractivity contribution >= 4 is 33.5 Å². The fraction of sp³-hybridized carbons (Fsp3) is 0.250. The third-order valence-electron chi connectivity index (χ3n) is 5.27. The highest BCUT2D eigenvalue weighted by atomic mass is 32.2. The molecule has 0 saturated carbocycles. The largest absolute Gasteiger partial charge is 0.456 e. The van der Waals surface area contributed by atoms with Gasteiger partial charge in [-0.2, -0.15) is 0 Å². The Morgan fingerprint density at radius 1 is 1.06 bits per heavy atom. The van der Waals surface area contributed by atoms with E-state index >= 15 is 0 Å². The first kappa shape index (κ1) is 23.4. The van der Waals surface area contributed by atoms with Gasteiger partial charge in [0.25, 0.3) is 0 Å². The van der Waals surface area contributed by atoms with Gasteiger partial charge in [-0.15, -0.1) is 0 Å². The van der Waals surface area contributed by atoms with E-state index in [1.165, 1.54) is 12.2 Å². The van der Waals surface area contributed by atoms with Crippen LogP contribution in [-0.2, 0) is 29.8 Å². The van der Waals surface area contributed by atoms with E-state index in [2.05, 4.69) is 4.72 Å². The van der Waals surface area contributed by atoms with E-state index in [0.717, 1.165) is 22.4 Å². The Kier molecular flexibility index (Phi) is 6.96. The number of carbonyl (C=O) groups is 2. The summed E-state index contributed by atoms with van der Waals surface area (Å²) in [6.07, 6.45) is 2.89. The SMILES string of the molecule is CN1C(=CC(=O)COC(=O)CNS(=O)(=O)C=Cc2ccccc2)C(C)(C)c2ccccc21. The fourth-order valence-corrected chi connectivity index (χ4v) is 4.35. The molecule has 0 unspecified atom stereocenters. The van der Waals surface area contributed by atoms with Gasteiger partial charge in [0.15, 0.2) is 12.4 Å². The molecule has 32 heavy (non-hydrogen) atoms. The molecule has 1 N–H and O–H groups in total. The Balaban J connectivity index is 1.53. The Labute approximate surface area is 188 Å². The number of hydrogen-bond donors (Lipinski definition) is 1. The second-order valence-electron chi connectivity index (χ2n) is 7.94. The van der Waals surface area contributed by atoms with E-state index in [1.54, 1.807) is 24.3 Å². The summed E-state index contributed by atoms with van der Waals surface area (Å²) in [4.78, 5) is 26.3. The van der Waals surface area contributed by atoms with E-state index in [-0.39, 0.29) is 11.2 Å². The molecule has 0 saturated heterocycles. The number of carbonyl (C=O) groups excluding carboxylic acids is 2. The molecule has 0 radical (unpaired) electrons. The van der Waals surface area contributed by atoms with Crippen molar-refractivity contribution < 1.29 is 22.7 Å². The number of nitrogens with one attached hydrogen (secondary N) is 1. The molecular weight excluding hydrogens is 428 g/mol. The van der Waals surface area contributed by atoms with Crippen LogP contribution < -0.4 is 9.62 Å². The lowest BCUT2D eigenvalue weighted by Crippen LogP contribution is -2.30. The minimum atomic E-state index is -3.82. The van der Waals surface area contributed by atoms with Crippen LogP contribution in [0.4, 0.5) is 5.69 Å². The second-order valence-corrected chi connectivity index (χ2v) is 9.59. The number of benzene rings is 2. The predicted octanol–water partition coefficient (Wildman–Crippen LogP) is 3.00. The lowest BCUT2D eigenvalue weighted by atomic mass is 9.83. The number of ether oxygens (including phenoxy) is 1. The summed E-state index contributed by atoms with van der Waals surface area (Å²) in [6.45, 7) is 3.02. The van der Waals surface area contributed by atoms with Crippen molar-refractivity contribution in [3.63, 3.8) is 0 Å². The molecule has 0 spiro atoms. The molecule has 1 aliphatic heterocycles. The fourth-order valence-electron chi connectivity index (χ4n) is 3.60. The van der Waals surface area contributed by atoms with Crippen molar-refractivity contribution in [3.8, 4) is 0 Å². The molecule has 0 amide bonds. The van der Waals surface area contributed by atoms with Crippen molar-refractivity contribution in [1.29, 1.82) is 0 Å². The highest BCUT2D eigenvalue weighted by molar-refractivity contribution is 7.92. The van der Waals surface area contributed by atoms with Gasteiger partial charge in [0.05, 0.1) is 0 Å². The van der Waals surface area contributed by atoms with Gasteiger partial charge in [-0.1, -0.05) is 62.4 Å². The highest BCUT2D eigenvalue weighted by Gasteiger charge is 2.38. The van der Waals surface area contributed by atoms with Gasteiger partial charge in [0, 0.05) is 35.3 Å². The third-order valence-corrected chi connectivity index (χ3v) is 6.31. The summed E-state index contributed by atoms with van der Waals surface area (Å²) in [6, 6.07) is 16.8. The molecular formula is C24H26N2O5S. The molecule has 2 aromatic rings. The maximum Gasteiger partial charge on any atom is 0.321 e. The average Bonchev–Trinajstić information content (AvgIpc) is 2.97. The van der Waals surface area contributed by atoms with Crippen LogP contribution in [0, 0.1) is 0 Å². The molecule has 0 aliphatic carbocycles. The zero-order valence-electron chi connectivity index (χ0n) is 18.2. The van der Waals surface area contributed by atoms with Crippen LogP contribution in [0.5, 0.6) is 0 Å². The zero-order valence-corrected chi connectivity index (χ0v) is 19.1. The van der Waals surface area contributed by atoms with Gasteiger partial charge in [0.2, 0.25) is 10.0 Å². The van der Waals surface area contributed by atoms with E-state index in [4.69, 9.17) is 4.74 Å². The Hall–Kier alpha value is -3.23. The molecule has 2 aromatic carbocycles. The first-order chi connectivity index (χ1) is 15.1. The maximum atomic E-state index is 12.4. The highest BCUT2D eigenvalue weighted by Crippen LogP contribution is 2.46. The number of para-hydroxylation sites is 1. The number of ketones is 1. The van der Waals surface area contributed by atoms with Gasteiger partial charge < -0.3 is 9.64 Å². The topological polar surface area (TPSA) is 92.8 Å². The van der Waals surface area contributed by atoms with Crippen LogP contribution in [0.3, 0.4) is 0 Å². The van der Waals surface area contributed by atoms with Gasteiger partial charge in [-0.05, 0) is 23.3 Å². The lowest BCUT2D eigenvalue weighted by Gasteiger charge is -2.23. The number of hydrogen-bond acceptors (Lipinski definition) is 6. The summed E-state index contributed by atoms with van der Waals surface area (Å²) in [5.74, 6) is -1.22. The van der Waals surface area contributed by atoms with Gasteiger partial charge in [-0.25, -0.2) is 13.1 Å². The monoisotopic (exact) mass is 454 g/mol. The van der Waals surface area contributed by atoms with Gasteiger partial charge >= 0.3 is 5.97 Å². The maximum absolute atomic E-state index is 12.4. The molecule has 0 aromatic heterocycles. The van der Waals surface area contributed by atoms with Crippen molar-refractivity contribution in [2.24, 2.45) is 0 Å². The molecule has 168 valence electrons. The van der Waals surface area contributed by atoms with Crippen LogP contribution in [0.15, 0.2) is 71.8 Å². The number of nitrogens with zero attached hydrogens (tertiary/aromatic N) is 1. The van der Waals surface area contributed by atoms with Crippen molar-refractivity contribution in [2.75, 3.05) is 25.1 Å². The lowest BCUT2D eigenvalue weighted by molar-refractivity contribution is -0.145. The predicted molar refractivity (Wildman–Crippen MR) is 124 cm³/mol. The third kappa shape index (κ3) is 5.52. The number of allylic oxidation sites excluding steroid dienone is 1. The number of sulfonamides is 1. The molecule has 1 aliphatic rings. The molecule has 0 fully saturated rings. The normalized spacial score (nSPS) is 16.3. The van der Waals surface area contributed by atoms with Gasteiger partial charge in [0.1, 0.15) is 6.54 Å². The summed E-state index contributed by atoms with van der Waals surface area (Å²) >= 11 is 0. The van der Waals surface area contributed by atoms with E-state index in [1.807, 2.05) is 56.1 Å². The van der Waals surface area contributed by atoms with Crippen LogP contribution in [-0.4, -0.2) is 40.4 Å². The Morgan fingerprint density at radius 3 is 2.41 bits per heavy atom. The van der Waals surface area contributed by atoms with Crippen LogP contribution in [0.25, 0.3) is 6.08 Å². The number of likely N-dealkylation sites (N-methyl/N-ethyl adjacent to an activating group) is 1. The van der Waals surface area contributed by atoms with Crippen molar-refractivity contribution in [2.45, 2.75) is 19.3 Å². The van der Waals surface area contributed by atoms with Crippen molar-refractivity contribution in [1.82, 2.24) is 4.72 Å². The molecule has 1 heterocycles. The van der Waals surface area contributed by atoms with E-state index < -0.39 is 29.1 Å². The van der Waals surface area contributed by atoms with E-state index in [0.29, 0.717) is 5.56 Å². The standard InChI is InChI=1S/C24H26N2O5S/c1-24(2)20-11-7-8-12-21(20)26(3)22(24)15-19(27)17-31-23(28)16-25-32(29,30)14-13-18-9-5-4-6-10-18/h4-15,25H,16-17H2,1-3H3. The summed E-state index contributed by atoms with van der Waals surface area (Å²) in [7, 11) is -1.93. The summed E-state index contributed by atoms with van der Waals surface area (Å²) in [5, 5.41) is 0.973. The Morgan fingerprint density at radius 2 is 1.72 bits per heavy atom. The van der Waals surface area contributed by atoms with Crippen LogP contribution >= 0.6 is 0 Å². The molecule has 7 nitrogen and oxygen atoms in total. The number of anilines is 1. The average molecular weight is 455 g/mol. The number of esters is 1. The van der Waals surface area contributed by atoms with Crippen LogP contribution in [0.1, 0.15) is 25.0 Å². The van der Waals surface area contributed by atoms with E-state index in [9.17, 15) is 18.0 Å². The number of rotatable bonds is 8. The number of fused-ring (bicyclic) bond motifs is 1. The minimum Gasteiger partial charge on any atom is -0.456 e. The molecule has 8 heteroatoms. The smallest absolute Gasteiger partial charge is 0.321 e. The zero-order chi connectivity index (χ0) is 23.4. The first-order valence-electron chi connectivity index (χ1n) is 10.1. The summed E-state index contributed by atoms with van der Waals surface area (Å²) < 4.78 is 31.1.